The summed E-state index contributed by atoms with van der Waals surface area (Å²) in [6.07, 6.45) is 1.32. The fraction of sp³-hybridized carbons (Fsp3) is 0.556. The maximum atomic E-state index is 15.2. The van der Waals surface area contributed by atoms with Crippen molar-refractivity contribution in [2.75, 3.05) is 25.1 Å². The van der Waals surface area contributed by atoms with Crippen molar-refractivity contribution >= 4 is 34.7 Å². The molecule has 27 heavy (non-hydrogen) atoms. The lowest BCUT2D eigenvalue weighted by atomic mass is 9.94. The number of ether oxygens (including phenoxy) is 1. The van der Waals surface area contributed by atoms with E-state index >= 15 is 4.39 Å². The Morgan fingerprint density at radius 1 is 1.48 bits per heavy atom. The van der Waals surface area contributed by atoms with E-state index in [2.05, 4.69) is 10.4 Å². The number of anilines is 1. The quantitative estimate of drug-likeness (QED) is 0.748. The van der Waals surface area contributed by atoms with Crippen molar-refractivity contribution in [3.8, 4) is 0 Å². The van der Waals surface area contributed by atoms with Crippen LogP contribution < -0.4 is 5.32 Å². The van der Waals surface area contributed by atoms with Gasteiger partial charge in [0.15, 0.2) is 11.6 Å². The van der Waals surface area contributed by atoms with Crippen molar-refractivity contribution in [1.82, 2.24) is 9.78 Å². The number of carbonyl (C=O) groups is 1. The van der Waals surface area contributed by atoms with Crippen LogP contribution in [0, 0.1) is 11.2 Å². The summed E-state index contributed by atoms with van der Waals surface area (Å²) in [5, 5.41) is 16.8. The van der Waals surface area contributed by atoms with Gasteiger partial charge in [0.1, 0.15) is 5.69 Å². The lowest BCUT2D eigenvalue weighted by molar-refractivity contribution is 0.0613. The predicted molar refractivity (Wildman–Crippen MR) is 103 cm³/mol. The van der Waals surface area contributed by atoms with Crippen molar-refractivity contribution in [3.05, 3.63) is 32.9 Å². The average molecular weight is 416 g/mol. The van der Waals surface area contributed by atoms with E-state index in [4.69, 9.17) is 16.3 Å². The van der Waals surface area contributed by atoms with Crippen molar-refractivity contribution in [3.63, 3.8) is 0 Å². The van der Waals surface area contributed by atoms with E-state index in [0.717, 1.165) is 9.56 Å². The highest BCUT2D eigenvalue weighted by Crippen LogP contribution is 2.33. The third kappa shape index (κ3) is 4.34. The minimum Gasteiger partial charge on any atom is -0.395 e. The number of halogens is 2. The summed E-state index contributed by atoms with van der Waals surface area (Å²) in [4.78, 5) is 13.8. The molecule has 148 valence electrons. The Hall–Kier alpha value is -1.48. The van der Waals surface area contributed by atoms with Crippen molar-refractivity contribution in [2.45, 2.75) is 39.2 Å². The molecule has 6 nitrogen and oxygen atoms in total. The molecule has 2 N–H and O–H groups in total. The Kier molecular flexibility index (Phi) is 6.20. The van der Waals surface area contributed by atoms with Crippen LogP contribution in [0.1, 0.15) is 48.0 Å². The van der Waals surface area contributed by atoms with Crippen LogP contribution in [-0.4, -0.2) is 40.6 Å². The number of rotatable bonds is 6. The Bertz CT molecular complexity index is 815. The number of aliphatic hydroxyl groups excluding tert-OH is 1. The van der Waals surface area contributed by atoms with E-state index in [1.165, 1.54) is 11.3 Å². The number of hydrogen-bond donors (Lipinski definition) is 2. The van der Waals surface area contributed by atoms with Crippen LogP contribution in [-0.2, 0) is 11.3 Å². The zero-order chi connectivity index (χ0) is 19.6. The van der Waals surface area contributed by atoms with Gasteiger partial charge in [-0.05, 0) is 38.8 Å². The maximum Gasteiger partial charge on any atom is 0.256 e. The van der Waals surface area contributed by atoms with Crippen LogP contribution in [0.25, 0.3) is 0 Å². The Balaban J connectivity index is 1.94. The van der Waals surface area contributed by atoms with E-state index in [1.54, 1.807) is 19.9 Å². The fourth-order valence-corrected chi connectivity index (χ4v) is 3.95. The molecule has 0 unspecified atom stereocenters. The summed E-state index contributed by atoms with van der Waals surface area (Å²) >= 11 is 7.33. The molecule has 1 aliphatic heterocycles. The molecule has 3 rings (SSSR count). The molecule has 0 spiro atoms. The minimum absolute atomic E-state index is 0.0209. The molecule has 2 aromatic rings. The second-order valence-electron chi connectivity index (χ2n) is 7.25. The van der Waals surface area contributed by atoms with Gasteiger partial charge in [-0.25, -0.2) is 4.39 Å². The lowest BCUT2D eigenvalue weighted by Crippen LogP contribution is -2.34. The number of nitrogens with one attached hydrogen (secondary N) is 1. The van der Waals surface area contributed by atoms with Crippen LogP contribution in [0.4, 0.5) is 10.2 Å². The van der Waals surface area contributed by atoms with Gasteiger partial charge < -0.3 is 15.2 Å². The van der Waals surface area contributed by atoms with E-state index in [1.807, 2.05) is 6.07 Å². The van der Waals surface area contributed by atoms with Crippen LogP contribution in [0.5, 0.6) is 0 Å². The normalized spacial score (nSPS) is 15.9. The molecule has 0 saturated carbocycles. The van der Waals surface area contributed by atoms with Gasteiger partial charge in [-0.2, -0.15) is 9.78 Å². The predicted octanol–water partition coefficient (Wildman–Crippen LogP) is 3.90. The molecule has 1 aliphatic rings. The molecular weight excluding hydrogens is 393 g/mol. The highest BCUT2D eigenvalue weighted by Gasteiger charge is 2.35. The first-order chi connectivity index (χ1) is 12.8. The van der Waals surface area contributed by atoms with E-state index in [0.29, 0.717) is 36.9 Å². The second kappa shape index (κ2) is 8.26. The van der Waals surface area contributed by atoms with Gasteiger partial charge in [0.05, 0.1) is 22.9 Å². The number of aromatic nitrogens is 2. The van der Waals surface area contributed by atoms with Gasteiger partial charge in [0.25, 0.3) is 5.91 Å². The maximum absolute atomic E-state index is 15.2. The number of aliphatic hydroxyl groups is 1. The number of thiophene rings is 1. The first-order valence-electron chi connectivity index (χ1n) is 8.83. The van der Waals surface area contributed by atoms with Crippen LogP contribution in [0.3, 0.4) is 0 Å². The molecule has 0 atom stereocenters. The molecule has 1 saturated heterocycles. The standard InChI is InChI=1S/C18H23ClFN3O3S/c1-18(2,10-24)17(25)23-16(21-9-12-3-4-13(19)27-12)14(20)15(22-23)11-5-7-26-8-6-11/h3-4,11,21,24H,5-10H2,1-2H3. The zero-order valence-corrected chi connectivity index (χ0v) is 16.9. The molecule has 9 heteroatoms. The largest absolute Gasteiger partial charge is 0.395 e. The Morgan fingerprint density at radius 3 is 2.78 bits per heavy atom. The summed E-state index contributed by atoms with van der Waals surface area (Å²) in [6, 6.07) is 3.61. The third-order valence-corrected chi connectivity index (χ3v) is 5.92. The van der Waals surface area contributed by atoms with Gasteiger partial charge in [-0.3, -0.25) is 4.79 Å². The van der Waals surface area contributed by atoms with Crippen molar-refractivity contribution in [1.29, 1.82) is 0 Å². The molecule has 0 radical (unpaired) electrons. The van der Waals surface area contributed by atoms with E-state index < -0.39 is 17.1 Å². The highest BCUT2D eigenvalue weighted by atomic mass is 35.5. The minimum atomic E-state index is -1.08. The highest BCUT2D eigenvalue weighted by molar-refractivity contribution is 7.16. The fourth-order valence-electron chi connectivity index (χ4n) is 2.92. The molecule has 0 aromatic carbocycles. The number of nitrogens with zero attached hydrogens (tertiary/aromatic N) is 2. The molecule has 3 heterocycles. The number of carbonyl (C=O) groups excluding carboxylic acids is 1. The molecule has 0 amide bonds. The van der Waals surface area contributed by atoms with Gasteiger partial charge in [0, 0.05) is 24.0 Å². The summed E-state index contributed by atoms with van der Waals surface area (Å²) in [6.45, 7) is 4.25. The van der Waals surface area contributed by atoms with Crippen molar-refractivity contribution in [2.24, 2.45) is 5.41 Å². The van der Waals surface area contributed by atoms with Crippen LogP contribution in [0.2, 0.25) is 4.34 Å². The summed E-state index contributed by atoms with van der Waals surface area (Å²) < 4.78 is 22.3. The van der Waals surface area contributed by atoms with Crippen LogP contribution >= 0.6 is 22.9 Å². The Labute approximate surface area is 166 Å². The lowest BCUT2D eigenvalue weighted by Gasteiger charge is -2.21. The molecular formula is C18H23ClFN3O3S. The average Bonchev–Trinajstić information content (AvgIpc) is 3.23. The smallest absolute Gasteiger partial charge is 0.256 e. The SMILES string of the molecule is CC(C)(CO)C(=O)n1nc(C2CCOCC2)c(F)c1NCc1ccc(Cl)s1. The third-order valence-electron chi connectivity index (χ3n) is 4.69. The molecule has 2 aromatic heterocycles. The van der Waals surface area contributed by atoms with Gasteiger partial charge >= 0.3 is 0 Å². The van der Waals surface area contributed by atoms with Crippen molar-refractivity contribution < 1.29 is 19.0 Å². The van der Waals surface area contributed by atoms with Gasteiger partial charge in [-0.1, -0.05) is 11.6 Å². The van der Waals surface area contributed by atoms with E-state index in [9.17, 15) is 9.90 Å². The van der Waals surface area contributed by atoms with Gasteiger partial charge in [0.2, 0.25) is 0 Å². The molecule has 0 bridgehead atoms. The topological polar surface area (TPSA) is 76.4 Å². The van der Waals surface area contributed by atoms with Gasteiger partial charge in [-0.15, -0.1) is 11.3 Å². The Morgan fingerprint density at radius 2 is 2.19 bits per heavy atom. The van der Waals surface area contributed by atoms with Crippen LogP contribution in [0.15, 0.2) is 12.1 Å². The molecule has 1 fully saturated rings. The van der Waals surface area contributed by atoms with E-state index in [-0.39, 0.29) is 24.0 Å². The molecule has 0 aliphatic carbocycles. The monoisotopic (exact) mass is 415 g/mol. The number of hydrogen-bond acceptors (Lipinski definition) is 6. The summed E-state index contributed by atoms with van der Waals surface area (Å²) in [5.41, 5.74) is -0.805. The second-order valence-corrected chi connectivity index (χ2v) is 9.05. The first kappa shape index (κ1) is 20.3. The zero-order valence-electron chi connectivity index (χ0n) is 15.3. The first-order valence-corrected chi connectivity index (χ1v) is 10.0. The summed E-state index contributed by atoms with van der Waals surface area (Å²) in [7, 11) is 0. The summed E-state index contributed by atoms with van der Waals surface area (Å²) in [5.74, 6) is -1.06.